The highest BCUT2D eigenvalue weighted by atomic mass is 19.1. The van der Waals surface area contributed by atoms with Gasteiger partial charge < -0.3 is 59.9 Å². The fourth-order valence-electron chi connectivity index (χ4n) is 9.36. The number of aliphatic hydroxyl groups is 1. The van der Waals surface area contributed by atoms with Gasteiger partial charge in [-0.25, -0.2) is 14.2 Å². The molecular weight excluding hydrogens is 1020 g/mol. The Balaban J connectivity index is 0.814. The number of morpholine rings is 1. The van der Waals surface area contributed by atoms with E-state index >= 15 is 4.39 Å². The van der Waals surface area contributed by atoms with Crippen LogP contribution < -0.4 is 32.1 Å². The molecular formula is C53H62FN9O15. The van der Waals surface area contributed by atoms with Gasteiger partial charge in [0.1, 0.15) is 18.5 Å². The number of carbonyl (C=O) groups is 8. The lowest BCUT2D eigenvalue weighted by Gasteiger charge is -2.31. The largest absolute Gasteiger partial charge is 0.458 e. The summed E-state index contributed by atoms with van der Waals surface area (Å²) in [7, 11) is 0. The molecule has 7 amide bonds. The van der Waals surface area contributed by atoms with Crippen molar-refractivity contribution in [2.45, 2.75) is 70.3 Å². The Kier molecular flexibility index (Phi) is 18.5. The summed E-state index contributed by atoms with van der Waals surface area (Å²) in [5.41, 5.74) is 0.570. The standard InChI is InChI=1S/C53H62FN9O15/c1-2-53(73)37-24-42-49-35(30-63(42)51(71)36(37)31-78-52(53)72)34(29-61-11-15-75-16-12-61)33-23-40(38(54)25-39(33)60-49)58-46(67)28-57-50(70)41(22-32-6-4-3-5-7-32)59-45(66)27-56-44(65)26-55-43(64)10-14-74-18-20-77-21-19-76-17-13-62-47(68)8-9-48(62)69/h3-7,23-25,41,73H,2,8-22,26-31H2,1H3,(H,55,64)(H,56,65)(H,57,70)(H,58,67)(H,59,66)/t41-,53-/m0/s1/i8T/t8?,41-,53-. The van der Waals surface area contributed by atoms with E-state index in [0.717, 1.165) is 11.0 Å². The molecule has 6 N–H and O–H groups in total. The molecule has 2 aromatic carbocycles. The van der Waals surface area contributed by atoms with Crippen molar-refractivity contribution in [3.63, 3.8) is 0 Å². The topological polar surface area (TPSA) is 304 Å². The van der Waals surface area contributed by atoms with Crippen LogP contribution in [-0.2, 0) is 93.8 Å². The zero-order valence-corrected chi connectivity index (χ0v) is 43.0. The number of pyridine rings is 2. The second-order valence-electron chi connectivity index (χ2n) is 18.8. The number of ether oxygens (including phenoxy) is 5. The normalized spacial score (nSPS) is 18.3. The quantitative estimate of drug-likeness (QED) is 0.0234. The number of rotatable bonds is 26. The van der Waals surface area contributed by atoms with Crippen LogP contribution in [0.1, 0.15) is 61.8 Å². The van der Waals surface area contributed by atoms with E-state index in [4.69, 9.17) is 30.0 Å². The molecule has 6 heterocycles. The first-order valence-corrected chi connectivity index (χ1v) is 25.6. The van der Waals surface area contributed by atoms with Gasteiger partial charge in [0.15, 0.2) is 5.60 Å². The maximum Gasteiger partial charge on any atom is 0.343 e. The Labute approximate surface area is 448 Å². The number of imide groups is 1. The monoisotopic (exact) mass is 1090 g/mol. The summed E-state index contributed by atoms with van der Waals surface area (Å²) in [6, 6.07) is 11.7. The van der Waals surface area contributed by atoms with Gasteiger partial charge in [-0.2, -0.15) is 0 Å². The lowest BCUT2D eigenvalue weighted by molar-refractivity contribution is -0.172. The highest BCUT2D eigenvalue weighted by Crippen LogP contribution is 2.41. The van der Waals surface area contributed by atoms with Crippen LogP contribution in [-0.4, -0.2) is 170 Å². The first kappa shape index (κ1) is 55.2. The molecule has 78 heavy (non-hydrogen) atoms. The summed E-state index contributed by atoms with van der Waals surface area (Å²) in [4.78, 5) is 123. The minimum atomic E-state index is -2.05. The van der Waals surface area contributed by atoms with Crippen molar-refractivity contribution in [3.05, 3.63) is 92.5 Å². The Morgan fingerprint density at radius 3 is 2.26 bits per heavy atom. The molecule has 4 aliphatic heterocycles. The number of hydrogen-bond donors (Lipinski definition) is 6. The minimum absolute atomic E-state index is 0.000899. The minimum Gasteiger partial charge on any atom is -0.458 e. The lowest BCUT2D eigenvalue weighted by atomic mass is 9.86. The SMILES string of the molecule is [3H]C1CC(=O)N(CCOCCOCCOCCC(=O)NCC(=O)NCC(=O)N[C@@H](Cc2ccccc2)C(=O)NCC(=O)Nc2cc3c(CN4CCOCC4)c4c(nc3cc2F)-c2cc3c(c(=O)n2C4)COC(=O)[C@]3(O)CC)C1=O. The number of likely N-dealkylation sites (tertiary alicyclic amines) is 1. The Morgan fingerprint density at radius 2 is 1.54 bits per heavy atom. The van der Waals surface area contributed by atoms with Gasteiger partial charge in [-0.05, 0) is 29.7 Å². The second-order valence-corrected chi connectivity index (χ2v) is 18.8. The summed E-state index contributed by atoms with van der Waals surface area (Å²) in [5, 5.41) is 24.3. The Morgan fingerprint density at radius 1 is 0.846 bits per heavy atom. The van der Waals surface area contributed by atoms with Crippen LogP contribution in [0, 0.1) is 5.82 Å². The molecule has 8 rings (SSSR count). The number of esters is 1. The number of benzene rings is 2. The first-order valence-electron chi connectivity index (χ1n) is 26.2. The molecule has 1 unspecified atom stereocenters. The van der Waals surface area contributed by atoms with E-state index in [1.54, 1.807) is 43.3 Å². The van der Waals surface area contributed by atoms with E-state index < -0.39 is 90.5 Å². The molecule has 416 valence electrons. The number of aromatic nitrogens is 2. The Bertz CT molecular complexity index is 3050. The van der Waals surface area contributed by atoms with Crippen LogP contribution in [0.15, 0.2) is 53.3 Å². The van der Waals surface area contributed by atoms with E-state index in [-0.39, 0.29) is 113 Å². The fourth-order valence-corrected chi connectivity index (χ4v) is 9.36. The number of amides is 7. The maximum atomic E-state index is 16.1. The zero-order valence-electron chi connectivity index (χ0n) is 44.0. The van der Waals surface area contributed by atoms with Gasteiger partial charge in [0.2, 0.25) is 41.4 Å². The lowest BCUT2D eigenvalue weighted by Crippen LogP contribution is -2.52. The fraction of sp³-hybridized carbons (Fsp3) is 0.472. The van der Waals surface area contributed by atoms with Crippen LogP contribution in [0.3, 0.4) is 0 Å². The molecule has 0 bridgehead atoms. The summed E-state index contributed by atoms with van der Waals surface area (Å²) < 4.78 is 52.0. The molecule has 0 spiro atoms. The Hall–Kier alpha value is -7.55. The van der Waals surface area contributed by atoms with Crippen molar-refractivity contribution < 1.29 is 72.9 Å². The molecule has 0 radical (unpaired) electrons. The molecule has 0 aliphatic carbocycles. The van der Waals surface area contributed by atoms with Crippen molar-refractivity contribution in [1.29, 1.82) is 0 Å². The van der Waals surface area contributed by atoms with Gasteiger partial charge in [-0.3, -0.25) is 48.2 Å². The summed E-state index contributed by atoms with van der Waals surface area (Å²) >= 11 is 0. The van der Waals surface area contributed by atoms with Gasteiger partial charge in [0, 0.05) is 69.2 Å². The second kappa shape index (κ2) is 26.2. The van der Waals surface area contributed by atoms with E-state index in [2.05, 4.69) is 31.5 Å². The van der Waals surface area contributed by atoms with Crippen molar-refractivity contribution in [2.75, 3.05) is 97.4 Å². The number of halogens is 1. The van der Waals surface area contributed by atoms with Gasteiger partial charge in [-0.1, -0.05) is 37.3 Å². The van der Waals surface area contributed by atoms with Gasteiger partial charge in [0.25, 0.3) is 5.56 Å². The number of cyclic esters (lactones) is 1. The number of carbonyl (C=O) groups excluding carboxylic acids is 8. The molecule has 4 aliphatic rings. The van der Waals surface area contributed by atoms with Crippen molar-refractivity contribution in [1.82, 2.24) is 40.6 Å². The van der Waals surface area contributed by atoms with Crippen LogP contribution in [0.2, 0.25) is 0 Å². The summed E-state index contributed by atoms with van der Waals surface area (Å²) in [5.74, 6) is -6.10. The summed E-state index contributed by atoms with van der Waals surface area (Å²) in [6.45, 7) is 3.26. The zero-order chi connectivity index (χ0) is 56.2. The first-order chi connectivity index (χ1) is 38.0. The molecule has 2 saturated heterocycles. The van der Waals surface area contributed by atoms with Crippen molar-refractivity contribution >= 4 is 63.9 Å². The van der Waals surface area contributed by atoms with Crippen LogP contribution in [0.4, 0.5) is 10.1 Å². The molecule has 0 saturated carbocycles. The third-order valence-electron chi connectivity index (χ3n) is 13.6. The van der Waals surface area contributed by atoms with Crippen molar-refractivity contribution in [2.24, 2.45) is 0 Å². The van der Waals surface area contributed by atoms with Gasteiger partial charge >= 0.3 is 5.97 Å². The predicted octanol–water partition coefficient (Wildman–Crippen LogP) is -0.346. The average Bonchev–Trinajstić information content (AvgIpc) is 4.04. The van der Waals surface area contributed by atoms with Crippen molar-refractivity contribution in [3.8, 4) is 11.4 Å². The molecule has 25 heteroatoms. The van der Waals surface area contributed by atoms with Crippen LogP contribution >= 0.6 is 0 Å². The molecule has 3 atom stereocenters. The average molecular weight is 1090 g/mol. The van der Waals surface area contributed by atoms with Gasteiger partial charge in [0.05, 0.1) is 114 Å². The van der Waals surface area contributed by atoms with Crippen LogP contribution in [0.25, 0.3) is 22.3 Å². The smallest absolute Gasteiger partial charge is 0.343 e. The molecule has 24 nitrogen and oxygen atoms in total. The third kappa shape index (κ3) is 13.8. The van der Waals surface area contributed by atoms with Crippen LogP contribution in [0.5, 0.6) is 0 Å². The predicted molar refractivity (Wildman–Crippen MR) is 273 cm³/mol. The number of nitrogens with zero attached hydrogens (tertiary/aromatic N) is 4. The molecule has 2 fully saturated rings. The third-order valence-corrected chi connectivity index (χ3v) is 13.6. The van der Waals surface area contributed by atoms with E-state index in [1.807, 2.05) is 0 Å². The summed E-state index contributed by atoms with van der Waals surface area (Å²) in [6.07, 6.45) is -1.28. The highest BCUT2D eigenvalue weighted by Gasteiger charge is 2.45. The number of hydrogen-bond acceptors (Lipinski definition) is 17. The maximum absolute atomic E-state index is 16.1. The molecule has 4 aromatic rings. The van der Waals surface area contributed by atoms with Gasteiger partial charge in [-0.15, -0.1) is 0 Å². The number of fused-ring (bicyclic) bond motifs is 5. The highest BCUT2D eigenvalue weighted by molar-refractivity contribution is 6.02. The van der Waals surface area contributed by atoms with E-state index in [0.29, 0.717) is 66.3 Å². The number of nitrogens with one attached hydrogen (secondary N) is 5. The number of anilines is 1. The van der Waals surface area contributed by atoms with E-state index in [9.17, 15) is 48.3 Å². The van der Waals surface area contributed by atoms with E-state index in [1.165, 1.54) is 10.6 Å². The molecule has 2 aromatic heterocycles.